The summed E-state index contributed by atoms with van der Waals surface area (Å²) < 4.78 is 10.0. The van der Waals surface area contributed by atoms with Crippen molar-refractivity contribution in [2.45, 2.75) is 25.9 Å². The van der Waals surface area contributed by atoms with Crippen LogP contribution in [-0.4, -0.2) is 43.3 Å². The highest BCUT2D eigenvalue weighted by atomic mass is 16.5. The average molecular weight is 295 g/mol. The van der Waals surface area contributed by atoms with Crippen molar-refractivity contribution in [3.63, 3.8) is 0 Å². The summed E-state index contributed by atoms with van der Waals surface area (Å²) in [5.41, 5.74) is 1.19. The van der Waals surface area contributed by atoms with E-state index < -0.39 is 18.0 Å². The highest BCUT2D eigenvalue weighted by Gasteiger charge is 2.17. The quantitative estimate of drug-likeness (QED) is 0.757. The van der Waals surface area contributed by atoms with Gasteiger partial charge in [-0.15, -0.1) is 0 Å². The Balaban J connectivity index is 2.37. The Kier molecular flexibility index (Phi) is 6.68. The fourth-order valence-corrected chi connectivity index (χ4v) is 1.63. The smallest absolute Gasteiger partial charge is 0.334 e. The monoisotopic (exact) mass is 295 g/mol. The van der Waals surface area contributed by atoms with E-state index in [4.69, 9.17) is 14.6 Å². The first-order valence-electron chi connectivity index (χ1n) is 6.69. The van der Waals surface area contributed by atoms with Crippen LogP contribution in [0.3, 0.4) is 0 Å². The van der Waals surface area contributed by atoms with E-state index in [1.807, 2.05) is 12.1 Å². The van der Waals surface area contributed by atoms with Gasteiger partial charge in [0, 0.05) is 7.11 Å². The molecule has 0 radical (unpaired) electrons. The van der Waals surface area contributed by atoms with Crippen molar-refractivity contribution in [1.82, 2.24) is 5.32 Å². The molecule has 0 aliphatic carbocycles. The summed E-state index contributed by atoms with van der Waals surface area (Å²) in [6.07, 6.45) is -1.06. The van der Waals surface area contributed by atoms with Gasteiger partial charge in [-0.25, -0.2) is 4.79 Å². The molecule has 0 aliphatic heterocycles. The fraction of sp³-hybridized carbons (Fsp3) is 0.467. The van der Waals surface area contributed by atoms with Crippen LogP contribution < -0.4 is 10.1 Å². The van der Waals surface area contributed by atoms with E-state index in [-0.39, 0.29) is 13.2 Å². The van der Waals surface area contributed by atoms with Gasteiger partial charge in [0.15, 0.2) is 12.7 Å². The van der Waals surface area contributed by atoms with Crippen LogP contribution in [0.5, 0.6) is 5.75 Å². The summed E-state index contributed by atoms with van der Waals surface area (Å²) in [5.74, 6) is -0.491. The maximum absolute atomic E-state index is 11.5. The third-order valence-electron chi connectivity index (χ3n) is 2.96. The average Bonchev–Trinajstić information content (AvgIpc) is 2.45. The largest absolute Gasteiger partial charge is 0.484 e. The van der Waals surface area contributed by atoms with Crippen molar-refractivity contribution < 1.29 is 24.2 Å². The van der Waals surface area contributed by atoms with E-state index in [9.17, 15) is 9.59 Å². The molecule has 0 fully saturated rings. The SMILES string of the molecule is COC(CNC(=O)COc1ccc(C(C)C)cc1)C(=O)O. The molecular weight excluding hydrogens is 274 g/mol. The standard InChI is InChI=1S/C15H21NO5/c1-10(2)11-4-6-12(7-5-11)21-9-14(17)16-8-13(20-3)15(18)19/h4-7,10,13H,8-9H2,1-3H3,(H,16,17)(H,18,19). The van der Waals surface area contributed by atoms with Gasteiger partial charge in [0.05, 0.1) is 6.54 Å². The second-order valence-corrected chi connectivity index (χ2v) is 4.88. The van der Waals surface area contributed by atoms with Gasteiger partial charge in [0.25, 0.3) is 5.91 Å². The number of carboxylic acids is 1. The van der Waals surface area contributed by atoms with Gasteiger partial charge in [-0.2, -0.15) is 0 Å². The minimum absolute atomic E-state index is 0.0969. The normalized spacial score (nSPS) is 12.0. The molecule has 21 heavy (non-hydrogen) atoms. The summed E-state index contributed by atoms with van der Waals surface area (Å²) in [7, 11) is 1.28. The molecule has 1 unspecified atom stereocenters. The van der Waals surface area contributed by atoms with Crippen molar-refractivity contribution in [3.05, 3.63) is 29.8 Å². The molecule has 0 heterocycles. The number of rotatable bonds is 8. The maximum Gasteiger partial charge on any atom is 0.334 e. The Morgan fingerprint density at radius 2 is 1.86 bits per heavy atom. The molecule has 2 N–H and O–H groups in total. The highest BCUT2D eigenvalue weighted by Crippen LogP contribution is 2.18. The first-order chi connectivity index (χ1) is 9.93. The Morgan fingerprint density at radius 3 is 2.33 bits per heavy atom. The molecule has 0 bridgehead atoms. The summed E-state index contributed by atoms with van der Waals surface area (Å²) in [6.45, 7) is 3.92. The molecule has 1 aromatic carbocycles. The number of methoxy groups -OCH3 is 1. The molecule has 0 saturated heterocycles. The highest BCUT2D eigenvalue weighted by molar-refractivity contribution is 5.79. The molecule has 1 rings (SSSR count). The van der Waals surface area contributed by atoms with Crippen LogP contribution in [0.2, 0.25) is 0 Å². The summed E-state index contributed by atoms with van der Waals surface area (Å²) >= 11 is 0. The number of carboxylic acid groups (broad SMARTS) is 1. The minimum atomic E-state index is -1.12. The van der Waals surface area contributed by atoms with Crippen LogP contribution in [0, 0.1) is 0 Å². The fourth-order valence-electron chi connectivity index (χ4n) is 1.63. The van der Waals surface area contributed by atoms with Crippen LogP contribution in [0.1, 0.15) is 25.3 Å². The third-order valence-corrected chi connectivity index (χ3v) is 2.96. The predicted molar refractivity (Wildman–Crippen MR) is 77.5 cm³/mol. The van der Waals surface area contributed by atoms with E-state index in [0.717, 1.165) is 0 Å². The molecular formula is C15H21NO5. The number of aliphatic carboxylic acids is 1. The molecule has 0 spiro atoms. The van der Waals surface area contributed by atoms with E-state index in [0.29, 0.717) is 11.7 Å². The molecule has 0 saturated carbocycles. The third kappa shape index (κ3) is 5.83. The van der Waals surface area contributed by atoms with E-state index in [1.165, 1.54) is 12.7 Å². The van der Waals surface area contributed by atoms with E-state index in [1.54, 1.807) is 12.1 Å². The number of ether oxygens (including phenoxy) is 2. The van der Waals surface area contributed by atoms with Gasteiger partial charge >= 0.3 is 5.97 Å². The number of carbonyl (C=O) groups excluding carboxylic acids is 1. The van der Waals surface area contributed by atoms with Crippen LogP contribution >= 0.6 is 0 Å². The summed E-state index contributed by atoms with van der Waals surface area (Å²) in [6, 6.07) is 7.50. The van der Waals surface area contributed by atoms with Gasteiger partial charge < -0.3 is 19.9 Å². The first-order valence-corrected chi connectivity index (χ1v) is 6.69. The van der Waals surface area contributed by atoms with Crippen molar-refractivity contribution in [2.24, 2.45) is 0 Å². The lowest BCUT2D eigenvalue weighted by Gasteiger charge is -2.12. The number of hydrogen-bond acceptors (Lipinski definition) is 4. The van der Waals surface area contributed by atoms with Gasteiger partial charge in [0.1, 0.15) is 5.75 Å². The number of amides is 1. The lowest BCUT2D eigenvalue weighted by atomic mass is 10.0. The number of benzene rings is 1. The van der Waals surface area contributed by atoms with E-state index in [2.05, 4.69) is 19.2 Å². The number of carbonyl (C=O) groups is 2. The van der Waals surface area contributed by atoms with Crippen molar-refractivity contribution in [2.75, 3.05) is 20.3 Å². The molecule has 6 nitrogen and oxygen atoms in total. The van der Waals surface area contributed by atoms with Gasteiger partial charge in [-0.3, -0.25) is 4.79 Å². The Labute approximate surface area is 124 Å². The predicted octanol–water partition coefficient (Wildman–Crippen LogP) is 1.40. The Morgan fingerprint density at radius 1 is 1.24 bits per heavy atom. The zero-order chi connectivity index (χ0) is 15.8. The molecule has 0 aliphatic rings. The second-order valence-electron chi connectivity index (χ2n) is 4.88. The van der Waals surface area contributed by atoms with Crippen LogP contribution in [0.4, 0.5) is 0 Å². The van der Waals surface area contributed by atoms with Crippen LogP contribution in [-0.2, 0) is 14.3 Å². The van der Waals surface area contributed by atoms with Gasteiger partial charge in [0.2, 0.25) is 0 Å². The molecule has 116 valence electrons. The number of nitrogens with one attached hydrogen (secondary N) is 1. The molecule has 1 aromatic rings. The van der Waals surface area contributed by atoms with E-state index >= 15 is 0 Å². The summed E-state index contributed by atoms with van der Waals surface area (Å²) in [5, 5.41) is 11.2. The minimum Gasteiger partial charge on any atom is -0.484 e. The van der Waals surface area contributed by atoms with Crippen molar-refractivity contribution in [3.8, 4) is 5.75 Å². The number of hydrogen-bond donors (Lipinski definition) is 2. The first kappa shape index (κ1) is 17.0. The molecule has 6 heteroatoms. The second kappa shape index (κ2) is 8.26. The van der Waals surface area contributed by atoms with Crippen molar-refractivity contribution >= 4 is 11.9 Å². The zero-order valence-electron chi connectivity index (χ0n) is 12.5. The van der Waals surface area contributed by atoms with Crippen LogP contribution in [0.25, 0.3) is 0 Å². The molecule has 1 amide bonds. The van der Waals surface area contributed by atoms with Crippen LogP contribution in [0.15, 0.2) is 24.3 Å². The zero-order valence-corrected chi connectivity index (χ0v) is 12.5. The summed E-state index contributed by atoms with van der Waals surface area (Å²) in [4.78, 5) is 22.3. The molecule has 0 aromatic heterocycles. The lowest BCUT2D eigenvalue weighted by Crippen LogP contribution is -2.39. The van der Waals surface area contributed by atoms with Gasteiger partial charge in [-0.1, -0.05) is 26.0 Å². The Bertz CT molecular complexity index is 469. The maximum atomic E-state index is 11.5. The molecule has 1 atom stereocenters. The topological polar surface area (TPSA) is 84.9 Å². The van der Waals surface area contributed by atoms with Gasteiger partial charge in [-0.05, 0) is 23.6 Å². The Hall–Kier alpha value is -2.08. The van der Waals surface area contributed by atoms with Crippen molar-refractivity contribution in [1.29, 1.82) is 0 Å². The lowest BCUT2D eigenvalue weighted by molar-refractivity contribution is -0.148.